The van der Waals surface area contributed by atoms with Gasteiger partial charge in [0.05, 0.1) is 25.6 Å². The van der Waals surface area contributed by atoms with Crippen LogP contribution in [0.3, 0.4) is 0 Å². The average molecular weight is 424 g/mol. The van der Waals surface area contributed by atoms with E-state index >= 15 is 0 Å². The van der Waals surface area contributed by atoms with Gasteiger partial charge in [0.25, 0.3) is 5.91 Å². The fraction of sp³-hybridized carbons (Fsp3) is 0.304. The van der Waals surface area contributed by atoms with Crippen molar-refractivity contribution in [3.05, 3.63) is 59.0 Å². The topological polar surface area (TPSA) is 68.6 Å². The zero-order valence-electron chi connectivity index (χ0n) is 18.0. The molecule has 2 aromatic carbocycles. The van der Waals surface area contributed by atoms with Gasteiger partial charge in [0.1, 0.15) is 5.82 Å². The largest absolute Gasteiger partial charge is 0.493 e. The Hall–Kier alpha value is -3.39. The highest BCUT2D eigenvalue weighted by Crippen LogP contribution is 2.44. The number of carbonyl (C=O) groups excluding carboxylic acids is 1. The van der Waals surface area contributed by atoms with Gasteiger partial charge in [0.2, 0.25) is 0 Å². The summed E-state index contributed by atoms with van der Waals surface area (Å²) in [4.78, 5) is 15.0. The van der Waals surface area contributed by atoms with E-state index in [-0.39, 0.29) is 11.7 Å². The fourth-order valence-electron chi connectivity index (χ4n) is 3.80. The Kier molecular flexibility index (Phi) is 5.65. The standard InChI is InChI=1S/C23H25FN4O3/c1-27(2)10-9-25-23(29)21-18-11-14-12-19(30-3)20(31-4)13-17(14)22(18)28(26-21)16-7-5-15(24)6-8-16/h5-8,12-13H,9-11H2,1-4H3,(H,25,29). The minimum atomic E-state index is -0.332. The van der Waals surface area contributed by atoms with Crippen molar-refractivity contribution < 1.29 is 18.7 Å². The van der Waals surface area contributed by atoms with Crippen molar-refractivity contribution in [1.29, 1.82) is 0 Å². The fourth-order valence-corrected chi connectivity index (χ4v) is 3.80. The molecular weight excluding hydrogens is 399 g/mol. The van der Waals surface area contributed by atoms with E-state index in [0.29, 0.717) is 35.8 Å². The summed E-state index contributed by atoms with van der Waals surface area (Å²) in [7, 11) is 7.08. The van der Waals surface area contributed by atoms with Gasteiger partial charge in [0, 0.05) is 30.6 Å². The maximum Gasteiger partial charge on any atom is 0.272 e. The molecule has 0 bridgehead atoms. The molecule has 0 fully saturated rings. The lowest BCUT2D eigenvalue weighted by Gasteiger charge is -2.12. The minimum absolute atomic E-state index is 0.231. The molecule has 0 radical (unpaired) electrons. The summed E-state index contributed by atoms with van der Waals surface area (Å²) >= 11 is 0. The van der Waals surface area contributed by atoms with Crippen LogP contribution < -0.4 is 14.8 Å². The summed E-state index contributed by atoms with van der Waals surface area (Å²) < 4.78 is 26.1. The van der Waals surface area contributed by atoms with Gasteiger partial charge in [-0.1, -0.05) is 0 Å². The highest BCUT2D eigenvalue weighted by Gasteiger charge is 2.32. The third-order valence-electron chi connectivity index (χ3n) is 5.35. The van der Waals surface area contributed by atoms with Gasteiger partial charge in [-0.25, -0.2) is 9.07 Å². The number of rotatable bonds is 7. The van der Waals surface area contributed by atoms with Crippen molar-refractivity contribution in [2.45, 2.75) is 6.42 Å². The van der Waals surface area contributed by atoms with E-state index in [1.165, 1.54) is 12.1 Å². The summed E-state index contributed by atoms with van der Waals surface area (Å²) in [5.41, 5.74) is 4.61. The maximum atomic E-state index is 13.5. The van der Waals surface area contributed by atoms with Crippen LogP contribution in [0.1, 0.15) is 21.6 Å². The molecular formula is C23H25FN4O3. The molecule has 3 aromatic rings. The molecule has 1 amide bonds. The van der Waals surface area contributed by atoms with E-state index in [9.17, 15) is 9.18 Å². The summed E-state index contributed by atoms with van der Waals surface area (Å²) in [5.74, 6) is 0.661. The number of ether oxygens (including phenoxy) is 2. The molecule has 4 rings (SSSR count). The Morgan fingerprint density at radius 1 is 1.16 bits per heavy atom. The molecule has 1 N–H and O–H groups in total. The molecule has 8 heteroatoms. The first kappa shape index (κ1) is 20.9. The van der Waals surface area contributed by atoms with E-state index in [4.69, 9.17) is 9.47 Å². The molecule has 1 heterocycles. The minimum Gasteiger partial charge on any atom is -0.493 e. The van der Waals surface area contributed by atoms with Crippen LogP contribution in [0.4, 0.5) is 4.39 Å². The second-order valence-electron chi connectivity index (χ2n) is 7.66. The van der Waals surface area contributed by atoms with Crippen molar-refractivity contribution in [2.75, 3.05) is 41.4 Å². The molecule has 1 aliphatic carbocycles. The Balaban J connectivity index is 1.82. The number of halogens is 1. The van der Waals surface area contributed by atoms with Crippen LogP contribution >= 0.6 is 0 Å². The number of benzene rings is 2. The monoisotopic (exact) mass is 424 g/mol. The number of hydrogen-bond acceptors (Lipinski definition) is 5. The molecule has 0 spiro atoms. The van der Waals surface area contributed by atoms with Gasteiger partial charge in [-0.05, 0) is 56.1 Å². The van der Waals surface area contributed by atoms with Crippen molar-refractivity contribution >= 4 is 5.91 Å². The normalized spacial score (nSPS) is 11.9. The third-order valence-corrected chi connectivity index (χ3v) is 5.35. The van der Waals surface area contributed by atoms with E-state index in [1.807, 2.05) is 31.1 Å². The summed E-state index contributed by atoms with van der Waals surface area (Å²) in [6, 6.07) is 9.88. The molecule has 0 saturated heterocycles. The Morgan fingerprint density at radius 3 is 2.48 bits per heavy atom. The number of hydrogen-bond donors (Lipinski definition) is 1. The van der Waals surface area contributed by atoms with Crippen LogP contribution in [0.5, 0.6) is 11.5 Å². The summed E-state index contributed by atoms with van der Waals surface area (Å²) in [6.07, 6.45) is 0.544. The van der Waals surface area contributed by atoms with Gasteiger partial charge in [-0.2, -0.15) is 5.10 Å². The predicted molar refractivity (Wildman–Crippen MR) is 116 cm³/mol. The van der Waals surface area contributed by atoms with E-state index in [1.54, 1.807) is 31.0 Å². The van der Waals surface area contributed by atoms with Gasteiger partial charge in [0.15, 0.2) is 17.2 Å². The van der Waals surface area contributed by atoms with Gasteiger partial charge < -0.3 is 19.7 Å². The van der Waals surface area contributed by atoms with Gasteiger partial charge >= 0.3 is 0 Å². The molecule has 0 atom stereocenters. The molecule has 1 aromatic heterocycles. The molecule has 0 saturated carbocycles. The number of carbonyl (C=O) groups is 1. The Morgan fingerprint density at radius 2 is 1.84 bits per heavy atom. The Bertz CT molecular complexity index is 1120. The van der Waals surface area contributed by atoms with Crippen LogP contribution in [0.25, 0.3) is 16.9 Å². The number of methoxy groups -OCH3 is 2. The molecule has 0 aliphatic heterocycles. The second kappa shape index (κ2) is 8.39. The number of fused-ring (bicyclic) bond motifs is 3. The Labute approximate surface area is 180 Å². The van der Waals surface area contributed by atoms with Gasteiger partial charge in [-0.15, -0.1) is 0 Å². The van der Waals surface area contributed by atoms with Crippen LogP contribution in [0.15, 0.2) is 36.4 Å². The van der Waals surface area contributed by atoms with Crippen LogP contribution in [0.2, 0.25) is 0 Å². The molecule has 7 nitrogen and oxygen atoms in total. The van der Waals surface area contributed by atoms with E-state index in [2.05, 4.69) is 10.4 Å². The molecule has 162 valence electrons. The average Bonchev–Trinajstić information content (AvgIpc) is 3.29. The SMILES string of the molecule is COc1cc2c(cc1OC)-c1c(c(C(=O)NCCN(C)C)nn1-c1ccc(F)cc1)C2. The van der Waals surface area contributed by atoms with Crippen LogP contribution in [0, 0.1) is 5.82 Å². The first-order valence-corrected chi connectivity index (χ1v) is 9.99. The van der Waals surface area contributed by atoms with Crippen LogP contribution in [-0.4, -0.2) is 62.0 Å². The van der Waals surface area contributed by atoms with Crippen molar-refractivity contribution in [3.63, 3.8) is 0 Å². The maximum absolute atomic E-state index is 13.5. The smallest absolute Gasteiger partial charge is 0.272 e. The second-order valence-corrected chi connectivity index (χ2v) is 7.66. The molecule has 31 heavy (non-hydrogen) atoms. The van der Waals surface area contributed by atoms with E-state index < -0.39 is 0 Å². The number of nitrogens with zero attached hydrogens (tertiary/aromatic N) is 3. The first-order chi connectivity index (χ1) is 14.9. The lowest BCUT2D eigenvalue weighted by atomic mass is 10.1. The number of aromatic nitrogens is 2. The lowest BCUT2D eigenvalue weighted by Crippen LogP contribution is -2.32. The zero-order chi connectivity index (χ0) is 22.1. The summed E-state index contributed by atoms with van der Waals surface area (Å²) in [5, 5.41) is 7.56. The molecule has 1 aliphatic rings. The highest BCUT2D eigenvalue weighted by molar-refractivity contribution is 5.97. The van der Waals surface area contributed by atoms with Crippen molar-refractivity contribution in [3.8, 4) is 28.4 Å². The molecule has 0 unspecified atom stereocenters. The first-order valence-electron chi connectivity index (χ1n) is 9.99. The lowest BCUT2D eigenvalue weighted by molar-refractivity contribution is 0.0945. The number of nitrogens with one attached hydrogen (secondary N) is 1. The van der Waals surface area contributed by atoms with Crippen molar-refractivity contribution in [1.82, 2.24) is 20.0 Å². The predicted octanol–water partition coefficient (Wildman–Crippen LogP) is 2.89. The highest BCUT2D eigenvalue weighted by atomic mass is 19.1. The summed E-state index contributed by atoms with van der Waals surface area (Å²) in [6.45, 7) is 1.24. The van der Waals surface area contributed by atoms with Gasteiger partial charge in [-0.3, -0.25) is 4.79 Å². The van der Waals surface area contributed by atoms with Crippen LogP contribution in [-0.2, 0) is 6.42 Å². The van der Waals surface area contributed by atoms with Crippen molar-refractivity contribution in [2.24, 2.45) is 0 Å². The zero-order valence-corrected chi connectivity index (χ0v) is 18.0. The quantitative estimate of drug-likeness (QED) is 0.494. The number of amides is 1. The third kappa shape index (κ3) is 3.86. The van der Waals surface area contributed by atoms with E-state index in [0.717, 1.165) is 28.9 Å². The number of likely N-dealkylation sites (N-methyl/N-ethyl adjacent to an activating group) is 1.